The number of nitrogens with zero attached hydrogens (tertiary/aromatic N) is 1. The molecular weight excluding hydrogens is 844 g/mol. The fourth-order valence-electron chi connectivity index (χ4n) is 7.50. The number of phosphoric acid groups is 1. The predicted octanol–water partition coefficient (Wildman–Crippen LogP) is 15.9. The Morgan fingerprint density at radius 2 is 1.02 bits per heavy atom. The molecule has 0 heterocycles. The van der Waals surface area contributed by atoms with Gasteiger partial charge in [-0.3, -0.25) is 18.6 Å². The Bertz CT molecular complexity index is 1320. The lowest BCUT2D eigenvalue weighted by atomic mass is 10.1. The van der Waals surface area contributed by atoms with Crippen LogP contribution in [0.5, 0.6) is 0 Å². The largest absolute Gasteiger partial charge is 0.472 e. The first kappa shape index (κ1) is 63.7. The topological polar surface area (TPSA) is 111 Å². The Kier molecular flexibility index (Phi) is 44.8. The Labute approximate surface area is 407 Å². The van der Waals surface area contributed by atoms with Crippen molar-refractivity contribution in [2.45, 2.75) is 245 Å². The number of phosphoric ester groups is 1. The zero-order valence-corrected chi connectivity index (χ0v) is 44.6. The maximum Gasteiger partial charge on any atom is 0.472 e. The molecule has 0 aromatic carbocycles. The van der Waals surface area contributed by atoms with Gasteiger partial charge in [0.25, 0.3) is 0 Å². The molecule has 0 aromatic rings. The van der Waals surface area contributed by atoms with E-state index in [-0.39, 0.29) is 31.5 Å². The lowest BCUT2D eigenvalue weighted by Gasteiger charge is -2.27. The SMILES string of the molecule is CC/C=C/C/C=C/CCCCCCCCCC(=O)NC(COP(=O)(O)OCC[N+](C)(C)C)C(/C=C/CCCCCCCCCCC)OC(=O)CCCCCCCC/C=C/C=C/CCCCC. The zero-order valence-electron chi connectivity index (χ0n) is 43.7. The summed E-state index contributed by atoms with van der Waals surface area (Å²) >= 11 is 0. The maximum absolute atomic E-state index is 13.4. The molecule has 3 unspecified atom stereocenters. The number of carbonyl (C=O) groups excluding carboxylic acids is 2. The number of allylic oxidation sites excluding steroid dienone is 9. The van der Waals surface area contributed by atoms with Crippen LogP contribution < -0.4 is 5.32 Å². The van der Waals surface area contributed by atoms with Crippen molar-refractivity contribution in [1.82, 2.24) is 5.32 Å². The summed E-state index contributed by atoms with van der Waals surface area (Å²) in [7, 11) is 1.48. The van der Waals surface area contributed by atoms with Crippen LogP contribution in [-0.2, 0) is 27.9 Å². The van der Waals surface area contributed by atoms with Crippen molar-refractivity contribution < 1.29 is 37.3 Å². The highest BCUT2D eigenvalue weighted by atomic mass is 31.2. The van der Waals surface area contributed by atoms with Gasteiger partial charge in [0.15, 0.2) is 0 Å². The second-order valence-corrected chi connectivity index (χ2v) is 20.9. The standard InChI is InChI=1S/C56H103N2O7P/c1-7-10-13-16-19-22-25-27-29-31-34-37-40-43-46-49-56(60)65-54(47-44-41-38-35-32-24-21-18-15-12-9-3)53(52-64-66(61,62)63-51-50-58(4,5)6)57-55(59)48-45-42-39-36-33-30-28-26-23-20-17-14-11-8-2/h11,14,19-20,22-23,25,27,44,47,53-54H,7-10,12-13,15-18,21,24,26,28-43,45-46,48-52H2,1-6H3,(H-,57,59,61,62)/p+1/b14-11+,22-19+,23-20+,27-25+,47-44+. The Morgan fingerprint density at radius 1 is 0.561 bits per heavy atom. The number of esters is 1. The summed E-state index contributed by atoms with van der Waals surface area (Å²) in [6, 6.07) is -0.856. The van der Waals surface area contributed by atoms with E-state index in [9.17, 15) is 19.0 Å². The fourth-order valence-corrected chi connectivity index (χ4v) is 8.23. The molecule has 0 rings (SSSR count). The van der Waals surface area contributed by atoms with E-state index in [1.807, 2.05) is 33.3 Å². The van der Waals surface area contributed by atoms with E-state index < -0.39 is 20.0 Å². The predicted molar refractivity (Wildman–Crippen MR) is 282 cm³/mol. The minimum absolute atomic E-state index is 0.0350. The van der Waals surface area contributed by atoms with Gasteiger partial charge in [-0.1, -0.05) is 197 Å². The average Bonchev–Trinajstić information content (AvgIpc) is 3.27. The Hall–Kier alpha value is -2.29. The van der Waals surface area contributed by atoms with E-state index in [0.717, 1.165) is 103 Å². The van der Waals surface area contributed by atoms with Crippen molar-refractivity contribution in [3.8, 4) is 0 Å². The van der Waals surface area contributed by atoms with Crippen molar-refractivity contribution in [1.29, 1.82) is 0 Å². The summed E-state index contributed by atoms with van der Waals surface area (Å²) in [4.78, 5) is 37.5. The number of hydrogen-bond acceptors (Lipinski definition) is 6. The van der Waals surface area contributed by atoms with Crippen LogP contribution in [-0.4, -0.2) is 74.3 Å². The van der Waals surface area contributed by atoms with E-state index in [1.54, 1.807) is 0 Å². The summed E-state index contributed by atoms with van der Waals surface area (Å²) in [5.74, 6) is -0.531. The normalized spacial score (nSPS) is 14.3. The number of carbonyl (C=O) groups is 2. The van der Waals surface area contributed by atoms with Gasteiger partial charge in [-0.15, -0.1) is 0 Å². The molecule has 0 bridgehead atoms. The van der Waals surface area contributed by atoms with Crippen LogP contribution >= 0.6 is 7.82 Å². The molecule has 0 radical (unpaired) electrons. The van der Waals surface area contributed by atoms with Gasteiger partial charge in [0.05, 0.1) is 33.8 Å². The van der Waals surface area contributed by atoms with Crippen molar-refractivity contribution >= 4 is 19.7 Å². The average molecular weight is 948 g/mol. The Balaban J connectivity index is 5.40. The molecule has 0 spiro atoms. The number of quaternary nitrogens is 1. The van der Waals surface area contributed by atoms with Gasteiger partial charge >= 0.3 is 13.8 Å². The van der Waals surface area contributed by atoms with Crippen molar-refractivity contribution in [2.75, 3.05) is 40.9 Å². The number of unbranched alkanes of at least 4 members (excludes halogenated alkanes) is 25. The third kappa shape index (κ3) is 46.8. The third-order valence-corrected chi connectivity index (χ3v) is 12.7. The maximum atomic E-state index is 13.4. The van der Waals surface area contributed by atoms with Gasteiger partial charge in [-0.2, -0.15) is 0 Å². The van der Waals surface area contributed by atoms with Gasteiger partial charge in [-0.05, 0) is 83.1 Å². The van der Waals surface area contributed by atoms with Crippen molar-refractivity contribution in [3.63, 3.8) is 0 Å². The quantitative estimate of drug-likeness (QED) is 0.0156. The van der Waals surface area contributed by atoms with Crippen LogP contribution in [0.25, 0.3) is 0 Å². The highest BCUT2D eigenvalue weighted by Crippen LogP contribution is 2.43. The molecule has 1 amide bonds. The van der Waals surface area contributed by atoms with Crippen LogP contribution in [0, 0.1) is 0 Å². The van der Waals surface area contributed by atoms with Crippen LogP contribution in [0.4, 0.5) is 0 Å². The molecule has 384 valence electrons. The number of hydrogen-bond donors (Lipinski definition) is 2. The number of rotatable bonds is 48. The number of likely N-dealkylation sites (N-methyl/N-ethyl adjacent to an activating group) is 1. The second-order valence-electron chi connectivity index (χ2n) is 19.4. The summed E-state index contributed by atoms with van der Waals surface area (Å²) in [6.45, 7) is 6.84. The van der Waals surface area contributed by atoms with E-state index in [1.165, 1.54) is 96.3 Å². The van der Waals surface area contributed by atoms with E-state index >= 15 is 0 Å². The van der Waals surface area contributed by atoms with Crippen molar-refractivity contribution in [2.24, 2.45) is 0 Å². The molecule has 0 fully saturated rings. The number of ether oxygens (including phenoxy) is 1. The lowest BCUT2D eigenvalue weighted by Crippen LogP contribution is -2.47. The van der Waals surface area contributed by atoms with Crippen molar-refractivity contribution in [3.05, 3.63) is 60.8 Å². The molecule has 9 nitrogen and oxygen atoms in total. The van der Waals surface area contributed by atoms with Crippen LogP contribution in [0.15, 0.2) is 60.8 Å². The summed E-state index contributed by atoms with van der Waals surface area (Å²) in [5.41, 5.74) is 0. The molecule has 0 aliphatic rings. The van der Waals surface area contributed by atoms with Gasteiger partial charge in [0.2, 0.25) is 5.91 Å². The second kappa shape index (κ2) is 46.4. The number of nitrogens with one attached hydrogen (secondary N) is 1. The van der Waals surface area contributed by atoms with E-state index in [4.69, 9.17) is 13.8 Å². The smallest absolute Gasteiger partial charge is 0.456 e. The van der Waals surface area contributed by atoms with E-state index in [0.29, 0.717) is 17.4 Å². The molecule has 10 heteroatoms. The van der Waals surface area contributed by atoms with Gasteiger partial charge in [0.1, 0.15) is 19.3 Å². The molecule has 0 saturated heterocycles. The minimum Gasteiger partial charge on any atom is -0.456 e. The molecule has 0 aliphatic carbocycles. The molecule has 3 atom stereocenters. The first-order valence-corrected chi connectivity index (χ1v) is 28.6. The summed E-state index contributed by atoms with van der Waals surface area (Å²) in [5, 5.41) is 3.03. The molecule has 0 aromatic heterocycles. The minimum atomic E-state index is -4.44. The van der Waals surface area contributed by atoms with Gasteiger partial charge in [-0.25, -0.2) is 4.57 Å². The highest BCUT2D eigenvalue weighted by molar-refractivity contribution is 7.47. The van der Waals surface area contributed by atoms with Gasteiger partial charge in [0, 0.05) is 12.8 Å². The summed E-state index contributed by atoms with van der Waals surface area (Å²) < 4.78 is 30.5. The fraction of sp³-hybridized carbons (Fsp3) is 0.786. The monoisotopic (exact) mass is 948 g/mol. The zero-order chi connectivity index (χ0) is 48.7. The summed E-state index contributed by atoms with van der Waals surface area (Å²) in [6.07, 6.45) is 56.4. The highest BCUT2D eigenvalue weighted by Gasteiger charge is 2.30. The van der Waals surface area contributed by atoms with E-state index in [2.05, 4.69) is 74.7 Å². The molecule has 66 heavy (non-hydrogen) atoms. The first-order valence-electron chi connectivity index (χ1n) is 27.1. The molecule has 2 N–H and O–H groups in total. The Morgan fingerprint density at radius 3 is 1.56 bits per heavy atom. The molecular formula is C56H104N2O7P+. The first-order chi connectivity index (χ1) is 31.9. The third-order valence-electron chi connectivity index (χ3n) is 11.7. The molecule has 0 saturated carbocycles. The number of amides is 1. The van der Waals surface area contributed by atoms with Crippen LogP contribution in [0.3, 0.4) is 0 Å². The molecule has 0 aliphatic heterocycles. The van der Waals surface area contributed by atoms with Gasteiger partial charge < -0.3 is 19.4 Å². The van der Waals surface area contributed by atoms with Crippen LogP contribution in [0.2, 0.25) is 0 Å². The lowest BCUT2D eigenvalue weighted by molar-refractivity contribution is -0.870. The van der Waals surface area contributed by atoms with Crippen LogP contribution in [0.1, 0.15) is 233 Å².